The number of hydrogen-bond donors (Lipinski definition) is 1. The molecule has 2 bridgehead atoms. The second kappa shape index (κ2) is 4.23. The Morgan fingerprint density at radius 3 is 2.80 bits per heavy atom. The lowest BCUT2D eigenvalue weighted by atomic mass is 9.89. The molecular formula is C15H22N2O2S. The predicted molar refractivity (Wildman–Crippen MR) is 79.8 cm³/mol. The number of hydrogen-bond acceptors (Lipinski definition) is 4. The molecule has 0 aromatic rings. The lowest BCUT2D eigenvalue weighted by Crippen LogP contribution is -2.49. The summed E-state index contributed by atoms with van der Waals surface area (Å²) >= 11 is 1.61. The molecule has 1 spiro atoms. The second-order valence-electron chi connectivity index (χ2n) is 7.17. The Bertz CT molecular complexity index is 490. The number of nitrogens with zero attached hydrogens (tertiary/aromatic N) is 1. The molecule has 2 saturated carbocycles. The molecule has 4 fully saturated rings. The van der Waals surface area contributed by atoms with Crippen LogP contribution in [0.3, 0.4) is 0 Å². The quantitative estimate of drug-likeness (QED) is 0.807. The van der Waals surface area contributed by atoms with Gasteiger partial charge in [0.1, 0.15) is 4.75 Å². The molecule has 4 nitrogen and oxygen atoms in total. The van der Waals surface area contributed by atoms with Gasteiger partial charge in [-0.2, -0.15) is 0 Å². The van der Waals surface area contributed by atoms with Gasteiger partial charge in [-0.3, -0.25) is 9.79 Å². The molecule has 4 atom stereocenters. The molecule has 1 unspecified atom stereocenters. The third-order valence-corrected chi connectivity index (χ3v) is 7.36. The normalized spacial score (nSPS) is 47.6. The van der Waals surface area contributed by atoms with E-state index in [2.05, 4.69) is 5.32 Å². The van der Waals surface area contributed by atoms with Crippen LogP contribution < -0.4 is 5.32 Å². The van der Waals surface area contributed by atoms with Crippen molar-refractivity contribution in [1.82, 2.24) is 5.32 Å². The van der Waals surface area contributed by atoms with Crippen LogP contribution in [0.1, 0.15) is 46.0 Å². The topological polar surface area (TPSA) is 50.7 Å². The standard InChI is InChI=1S/C15H22N2O2S/c1-14(2)15(5-6-19-14)12(18)17-13(20-15)16-11-8-9-3-4-10(11)7-9/h9-11H,3-8H2,1-2H3,(H,16,17,18)/t9-,10-,11-,15?/m0/s1. The minimum Gasteiger partial charge on any atom is -0.373 e. The zero-order chi connectivity index (χ0) is 14.0. The lowest BCUT2D eigenvalue weighted by Gasteiger charge is -2.32. The van der Waals surface area contributed by atoms with Crippen molar-refractivity contribution < 1.29 is 9.53 Å². The van der Waals surface area contributed by atoms with Crippen molar-refractivity contribution >= 4 is 22.8 Å². The van der Waals surface area contributed by atoms with Crippen LogP contribution in [0, 0.1) is 11.8 Å². The maximum atomic E-state index is 12.5. The second-order valence-corrected chi connectivity index (χ2v) is 8.46. The fourth-order valence-electron chi connectivity index (χ4n) is 4.44. The zero-order valence-electron chi connectivity index (χ0n) is 12.1. The van der Waals surface area contributed by atoms with Crippen molar-refractivity contribution in [2.24, 2.45) is 16.8 Å². The zero-order valence-corrected chi connectivity index (χ0v) is 13.0. The van der Waals surface area contributed by atoms with Crippen molar-refractivity contribution in [2.75, 3.05) is 6.61 Å². The number of aliphatic imine (C=N–C) groups is 1. The molecule has 110 valence electrons. The average molecular weight is 294 g/mol. The van der Waals surface area contributed by atoms with Gasteiger partial charge in [0.2, 0.25) is 5.91 Å². The average Bonchev–Trinajstić information content (AvgIpc) is 3.09. The van der Waals surface area contributed by atoms with E-state index in [0.29, 0.717) is 12.6 Å². The van der Waals surface area contributed by atoms with Gasteiger partial charge >= 0.3 is 0 Å². The van der Waals surface area contributed by atoms with Gasteiger partial charge in [-0.1, -0.05) is 18.2 Å². The number of amides is 1. The molecule has 1 N–H and O–H groups in total. The summed E-state index contributed by atoms with van der Waals surface area (Å²) in [6.45, 7) is 4.70. The van der Waals surface area contributed by atoms with Crippen LogP contribution >= 0.6 is 11.8 Å². The predicted octanol–water partition coefficient (Wildman–Crippen LogP) is 2.33. The van der Waals surface area contributed by atoms with Gasteiger partial charge in [-0.15, -0.1) is 0 Å². The first kappa shape index (κ1) is 13.1. The third kappa shape index (κ3) is 1.72. The van der Waals surface area contributed by atoms with Crippen LogP contribution in [0.5, 0.6) is 0 Å². The van der Waals surface area contributed by atoms with Crippen LogP contribution in [0.2, 0.25) is 0 Å². The molecule has 0 aromatic heterocycles. The van der Waals surface area contributed by atoms with E-state index in [9.17, 15) is 4.79 Å². The van der Waals surface area contributed by atoms with Crippen molar-refractivity contribution in [3.05, 3.63) is 0 Å². The van der Waals surface area contributed by atoms with Gasteiger partial charge in [0, 0.05) is 6.61 Å². The van der Waals surface area contributed by atoms with E-state index < -0.39 is 10.3 Å². The van der Waals surface area contributed by atoms with Gasteiger partial charge < -0.3 is 10.1 Å². The molecule has 2 heterocycles. The first-order valence-corrected chi connectivity index (χ1v) is 8.54. The molecular weight excluding hydrogens is 272 g/mol. The number of thioether (sulfide) groups is 1. The lowest BCUT2D eigenvalue weighted by molar-refractivity contribution is -0.125. The Balaban J connectivity index is 1.56. The van der Waals surface area contributed by atoms with Gasteiger partial charge in [0.25, 0.3) is 0 Å². The van der Waals surface area contributed by atoms with E-state index in [4.69, 9.17) is 9.73 Å². The van der Waals surface area contributed by atoms with Crippen molar-refractivity contribution in [3.63, 3.8) is 0 Å². The van der Waals surface area contributed by atoms with E-state index >= 15 is 0 Å². The van der Waals surface area contributed by atoms with Crippen LogP contribution in [0.4, 0.5) is 0 Å². The summed E-state index contributed by atoms with van der Waals surface area (Å²) in [5, 5.41) is 3.86. The number of fused-ring (bicyclic) bond motifs is 2. The summed E-state index contributed by atoms with van der Waals surface area (Å²) < 4.78 is 5.31. The van der Waals surface area contributed by atoms with Crippen molar-refractivity contribution in [1.29, 1.82) is 0 Å². The molecule has 1 amide bonds. The maximum Gasteiger partial charge on any atom is 0.245 e. The highest BCUT2D eigenvalue weighted by Gasteiger charge is 2.60. The van der Waals surface area contributed by atoms with Gasteiger partial charge in [-0.05, 0) is 51.4 Å². The maximum absolute atomic E-state index is 12.5. The molecule has 0 radical (unpaired) electrons. The first-order chi connectivity index (χ1) is 9.50. The van der Waals surface area contributed by atoms with Gasteiger partial charge in [0.15, 0.2) is 5.17 Å². The van der Waals surface area contributed by atoms with Crippen LogP contribution in [-0.2, 0) is 9.53 Å². The minimum atomic E-state index is -0.469. The molecule has 5 heteroatoms. The van der Waals surface area contributed by atoms with E-state index in [1.54, 1.807) is 11.8 Å². The number of ether oxygens (including phenoxy) is 1. The van der Waals surface area contributed by atoms with E-state index in [0.717, 1.165) is 23.4 Å². The number of nitrogens with one attached hydrogen (secondary N) is 1. The molecule has 2 aliphatic heterocycles. The van der Waals surface area contributed by atoms with Crippen molar-refractivity contribution in [2.45, 2.75) is 62.3 Å². The monoisotopic (exact) mass is 294 g/mol. The summed E-state index contributed by atoms with van der Waals surface area (Å²) in [5.41, 5.74) is -0.409. The summed E-state index contributed by atoms with van der Waals surface area (Å²) in [6.07, 6.45) is 6.06. The number of carbonyl (C=O) groups is 1. The Kier molecular flexibility index (Phi) is 2.78. The Morgan fingerprint density at radius 1 is 1.35 bits per heavy atom. The van der Waals surface area contributed by atoms with E-state index in [-0.39, 0.29) is 5.91 Å². The van der Waals surface area contributed by atoms with Crippen molar-refractivity contribution in [3.8, 4) is 0 Å². The highest BCUT2D eigenvalue weighted by Crippen LogP contribution is 2.51. The SMILES string of the molecule is CC1(C)OCCC12SC(=N[C@H]1C[C@H]3CC[C@H]1C3)NC2=O. The minimum absolute atomic E-state index is 0.0897. The van der Waals surface area contributed by atoms with Crippen LogP contribution in [0.25, 0.3) is 0 Å². The summed E-state index contributed by atoms with van der Waals surface area (Å²) in [6, 6.07) is 0.442. The fourth-order valence-corrected chi connectivity index (χ4v) is 5.74. The molecule has 2 aliphatic carbocycles. The van der Waals surface area contributed by atoms with Crippen LogP contribution in [0.15, 0.2) is 4.99 Å². The Labute approximate surface area is 124 Å². The summed E-state index contributed by atoms with van der Waals surface area (Å²) in [4.78, 5) is 17.3. The molecule has 4 aliphatic rings. The fraction of sp³-hybridized carbons (Fsp3) is 0.867. The number of amidine groups is 1. The summed E-state index contributed by atoms with van der Waals surface area (Å²) in [5.74, 6) is 1.73. The smallest absolute Gasteiger partial charge is 0.245 e. The molecule has 0 aromatic carbocycles. The number of carbonyl (C=O) groups excluding carboxylic acids is 1. The van der Waals surface area contributed by atoms with Gasteiger partial charge in [0.05, 0.1) is 11.6 Å². The molecule has 2 saturated heterocycles. The number of rotatable bonds is 1. The Morgan fingerprint density at radius 2 is 2.20 bits per heavy atom. The molecule has 4 rings (SSSR count). The van der Waals surface area contributed by atoms with E-state index in [1.165, 1.54) is 25.7 Å². The third-order valence-electron chi connectivity index (χ3n) is 5.73. The highest BCUT2D eigenvalue weighted by atomic mass is 32.2. The first-order valence-electron chi connectivity index (χ1n) is 7.72. The highest BCUT2D eigenvalue weighted by molar-refractivity contribution is 8.16. The largest absolute Gasteiger partial charge is 0.373 e. The Hall–Kier alpha value is -0.550. The summed E-state index contributed by atoms with van der Waals surface area (Å²) in [7, 11) is 0. The molecule has 20 heavy (non-hydrogen) atoms. The van der Waals surface area contributed by atoms with Crippen LogP contribution in [-0.4, -0.2) is 34.1 Å². The van der Waals surface area contributed by atoms with E-state index in [1.807, 2.05) is 13.8 Å². The van der Waals surface area contributed by atoms with Gasteiger partial charge in [-0.25, -0.2) is 0 Å².